The fourth-order valence-corrected chi connectivity index (χ4v) is 5.25. The zero-order valence-electron chi connectivity index (χ0n) is 16.1. The van der Waals surface area contributed by atoms with Gasteiger partial charge in [-0.25, -0.2) is 10.9 Å². The normalized spacial score (nSPS) is 25.3. The monoisotopic (exact) mass is 397 g/mol. The summed E-state index contributed by atoms with van der Waals surface area (Å²) >= 11 is 1.96. The van der Waals surface area contributed by atoms with E-state index in [4.69, 9.17) is 4.74 Å². The van der Waals surface area contributed by atoms with Crippen molar-refractivity contribution in [2.75, 3.05) is 26.0 Å². The van der Waals surface area contributed by atoms with Gasteiger partial charge in [0.05, 0.1) is 13.2 Å². The van der Waals surface area contributed by atoms with Crippen LogP contribution in [0.3, 0.4) is 0 Å². The fraction of sp³-hybridized carbons (Fsp3) is 0.409. The molecular formula is C22H27N3O2S. The highest BCUT2D eigenvalue weighted by Crippen LogP contribution is 2.35. The standard InChI is InChI=1S/C22H27N3O2S/c1-27-20-10-6-5-9-17(20)18-15-19(24-23-18)22(26)25-12-11-21(28-14-13-25)16-7-3-2-4-8-16/h2-10,18-19,21,23-24H,11-15H2,1H3. The van der Waals surface area contributed by atoms with Crippen molar-refractivity contribution < 1.29 is 9.53 Å². The molecule has 5 nitrogen and oxygen atoms in total. The van der Waals surface area contributed by atoms with Crippen LogP contribution in [-0.2, 0) is 4.79 Å². The molecule has 2 aliphatic rings. The number of hydrogen-bond acceptors (Lipinski definition) is 5. The number of nitrogens with zero attached hydrogens (tertiary/aromatic N) is 1. The highest BCUT2D eigenvalue weighted by atomic mass is 32.2. The molecule has 2 N–H and O–H groups in total. The van der Waals surface area contributed by atoms with E-state index in [1.54, 1.807) is 7.11 Å². The van der Waals surface area contributed by atoms with Crippen molar-refractivity contribution in [1.82, 2.24) is 15.8 Å². The molecule has 0 radical (unpaired) electrons. The molecule has 0 bridgehead atoms. The molecule has 0 aromatic heterocycles. The topological polar surface area (TPSA) is 53.6 Å². The third-order valence-corrected chi connectivity index (χ3v) is 6.87. The lowest BCUT2D eigenvalue weighted by molar-refractivity contribution is -0.132. The van der Waals surface area contributed by atoms with Gasteiger partial charge in [-0.3, -0.25) is 4.79 Å². The van der Waals surface area contributed by atoms with Crippen LogP contribution in [0.5, 0.6) is 5.75 Å². The molecular weight excluding hydrogens is 370 g/mol. The van der Waals surface area contributed by atoms with Gasteiger partial charge >= 0.3 is 0 Å². The van der Waals surface area contributed by atoms with Crippen LogP contribution >= 0.6 is 11.8 Å². The molecule has 0 saturated carbocycles. The summed E-state index contributed by atoms with van der Waals surface area (Å²) in [7, 11) is 1.68. The predicted molar refractivity (Wildman–Crippen MR) is 113 cm³/mol. The van der Waals surface area contributed by atoms with Gasteiger partial charge in [-0.05, 0) is 24.5 Å². The molecule has 2 aliphatic heterocycles. The van der Waals surface area contributed by atoms with Crippen LogP contribution in [-0.4, -0.2) is 42.8 Å². The van der Waals surface area contributed by atoms with E-state index >= 15 is 0 Å². The molecule has 6 heteroatoms. The number of nitrogens with one attached hydrogen (secondary N) is 2. The SMILES string of the molecule is COc1ccccc1C1CC(C(=O)N2CCSC(c3ccccc3)CC2)NN1. The molecule has 0 aliphatic carbocycles. The lowest BCUT2D eigenvalue weighted by Crippen LogP contribution is -2.46. The minimum Gasteiger partial charge on any atom is -0.496 e. The van der Waals surface area contributed by atoms with E-state index in [1.165, 1.54) is 5.56 Å². The second-order valence-corrected chi connectivity index (χ2v) is 8.57. The number of hydrogen-bond donors (Lipinski definition) is 2. The lowest BCUT2D eigenvalue weighted by atomic mass is 10.0. The summed E-state index contributed by atoms with van der Waals surface area (Å²) in [6, 6.07) is 18.5. The quantitative estimate of drug-likeness (QED) is 0.829. The number of hydrazine groups is 1. The van der Waals surface area contributed by atoms with Gasteiger partial charge in [0, 0.05) is 29.7 Å². The van der Waals surface area contributed by atoms with Gasteiger partial charge < -0.3 is 9.64 Å². The van der Waals surface area contributed by atoms with E-state index in [2.05, 4.69) is 47.2 Å². The third-order valence-electron chi connectivity index (χ3n) is 5.54. The number of ether oxygens (including phenoxy) is 1. The van der Waals surface area contributed by atoms with Crippen molar-refractivity contribution in [2.45, 2.75) is 30.2 Å². The van der Waals surface area contributed by atoms with Crippen molar-refractivity contribution in [1.29, 1.82) is 0 Å². The highest BCUT2D eigenvalue weighted by molar-refractivity contribution is 7.99. The minimum absolute atomic E-state index is 0.0727. The molecule has 3 atom stereocenters. The lowest BCUT2D eigenvalue weighted by Gasteiger charge is -2.23. The number of para-hydroxylation sites is 1. The molecule has 2 fully saturated rings. The maximum atomic E-state index is 13.1. The first kappa shape index (κ1) is 19.3. The number of thioether (sulfide) groups is 1. The van der Waals surface area contributed by atoms with Gasteiger partial charge in [0.1, 0.15) is 11.8 Å². The van der Waals surface area contributed by atoms with Gasteiger partial charge in [-0.1, -0.05) is 48.5 Å². The largest absolute Gasteiger partial charge is 0.496 e. The molecule has 1 amide bonds. The number of amides is 1. The zero-order valence-corrected chi connectivity index (χ0v) is 17.0. The highest BCUT2D eigenvalue weighted by Gasteiger charge is 2.34. The van der Waals surface area contributed by atoms with Crippen LogP contribution in [0.25, 0.3) is 0 Å². The zero-order chi connectivity index (χ0) is 19.3. The Bertz CT molecular complexity index is 801. The van der Waals surface area contributed by atoms with Crippen LogP contribution in [0.1, 0.15) is 35.3 Å². The first-order valence-corrected chi connectivity index (χ1v) is 10.9. The van der Waals surface area contributed by atoms with Crippen molar-refractivity contribution in [3.63, 3.8) is 0 Å². The number of carbonyl (C=O) groups excluding carboxylic acids is 1. The predicted octanol–water partition coefficient (Wildman–Crippen LogP) is 3.31. The average molecular weight is 398 g/mol. The molecule has 4 rings (SSSR count). The summed E-state index contributed by atoms with van der Waals surface area (Å²) in [4.78, 5) is 15.1. The van der Waals surface area contributed by atoms with Crippen LogP contribution in [0, 0.1) is 0 Å². The third kappa shape index (κ3) is 4.19. The van der Waals surface area contributed by atoms with E-state index < -0.39 is 0 Å². The van der Waals surface area contributed by atoms with E-state index in [0.717, 1.165) is 43.0 Å². The first-order chi connectivity index (χ1) is 13.8. The van der Waals surface area contributed by atoms with Crippen LogP contribution in [0.4, 0.5) is 0 Å². The summed E-state index contributed by atoms with van der Waals surface area (Å²) in [5.41, 5.74) is 8.94. The molecule has 2 saturated heterocycles. The smallest absolute Gasteiger partial charge is 0.241 e. The van der Waals surface area contributed by atoms with Gasteiger partial charge in [0.2, 0.25) is 5.91 Å². The van der Waals surface area contributed by atoms with Gasteiger partial charge in [-0.15, -0.1) is 0 Å². The number of carbonyl (C=O) groups is 1. The van der Waals surface area contributed by atoms with Gasteiger partial charge in [0.25, 0.3) is 0 Å². The first-order valence-electron chi connectivity index (χ1n) is 9.85. The van der Waals surface area contributed by atoms with E-state index in [1.807, 2.05) is 34.9 Å². The molecule has 2 aromatic rings. The Kier molecular flexibility index (Phi) is 6.20. The van der Waals surface area contributed by atoms with Crippen LogP contribution in [0.2, 0.25) is 0 Å². The van der Waals surface area contributed by atoms with Crippen molar-refractivity contribution >= 4 is 17.7 Å². The van der Waals surface area contributed by atoms with Crippen molar-refractivity contribution in [2.24, 2.45) is 0 Å². The Balaban J connectivity index is 1.37. The van der Waals surface area contributed by atoms with Crippen LogP contribution in [0.15, 0.2) is 54.6 Å². The van der Waals surface area contributed by atoms with E-state index in [0.29, 0.717) is 5.25 Å². The second kappa shape index (κ2) is 8.99. The van der Waals surface area contributed by atoms with Gasteiger partial charge in [0.15, 0.2) is 0 Å². The molecule has 148 valence electrons. The van der Waals surface area contributed by atoms with E-state index in [9.17, 15) is 4.79 Å². The Labute approximate surface area is 170 Å². The second-order valence-electron chi connectivity index (χ2n) is 7.26. The summed E-state index contributed by atoms with van der Waals surface area (Å²) in [5, 5.41) is 0.468. The number of methoxy groups -OCH3 is 1. The van der Waals surface area contributed by atoms with Crippen molar-refractivity contribution in [3.8, 4) is 5.75 Å². The minimum atomic E-state index is -0.201. The Morgan fingerprint density at radius 1 is 1.07 bits per heavy atom. The summed E-state index contributed by atoms with van der Waals surface area (Å²) in [6.07, 6.45) is 1.72. The fourth-order valence-electron chi connectivity index (χ4n) is 4.02. The molecule has 28 heavy (non-hydrogen) atoms. The van der Waals surface area contributed by atoms with E-state index in [-0.39, 0.29) is 18.0 Å². The molecule has 0 spiro atoms. The molecule has 2 heterocycles. The molecule has 2 aromatic carbocycles. The number of rotatable bonds is 4. The maximum Gasteiger partial charge on any atom is 0.241 e. The Hall–Kier alpha value is -2.02. The summed E-state index contributed by atoms with van der Waals surface area (Å²) in [5.74, 6) is 2.02. The average Bonchev–Trinajstić information content (AvgIpc) is 3.11. The number of benzene rings is 2. The van der Waals surface area contributed by atoms with Gasteiger partial charge in [-0.2, -0.15) is 11.8 Å². The maximum absolute atomic E-state index is 13.1. The Morgan fingerprint density at radius 3 is 2.68 bits per heavy atom. The Morgan fingerprint density at radius 2 is 1.86 bits per heavy atom. The summed E-state index contributed by atoms with van der Waals surface area (Å²) in [6.45, 7) is 1.62. The molecule has 3 unspecified atom stereocenters. The summed E-state index contributed by atoms with van der Waals surface area (Å²) < 4.78 is 5.47. The van der Waals surface area contributed by atoms with Crippen LogP contribution < -0.4 is 15.6 Å². The van der Waals surface area contributed by atoms with Crippen molar-refractivity contribution in [3.05, 3.63) is 65.7 Å².